The third-order valence-electron chi connectivity index (χ3n) is 3.13. The first-order valence-electron chi connectivity index (χ1n) is 6.13. The van der Waals surface area contributed by atoms with Crippen LogP contribution in [0.4, 0.5) is 14.5 Å². The van der Waals surface area contributed by atoms with Crippen molar-refractivity contribution < 1.29 is 18.7 Å². The topological polar surface area (TPSA) is 61.4 Å². The van der Waals surface area contributed by atoms with E-state index in [9.17, 15) is 13.6 Å². The van der Waals surface area contributed by atoms with Crippen LogP contribution in [0.3, 0.4) is 0 Å². The summed E-state index contributed by atoms with van der Waals surface area (Å²) in [5.41, 5.74) is 1.72. The molecular weight excluding hydrogens is 254 g/mol. The number of hydrogen-bond donors (Lipinski definition) is 3. The average molecular weight is 270 g/mol. The highest BCUT2D eigenvalue weighted by molar-refractivity contribution is 5.96. The summed E-state index contributed by atoms with van der Waals surface area (Å²) >= 11 is 0. The number of aliphatic hydroxyl groups excluding tert-OH is 1. The lowest BCUT2D eigenvalue weighted by Crippen LogP contribution is -2.46. The van der Waals surface area contributed by atoms with Gasteiger partial charge in [0.05, 0.1) is 12.6 Å². The second kappa shape index (κ2) is 5.63. The number of anilines is 1. The molecule has 1 aliphatic heterocycles. The second-order valence-corrected chi connectivity index (χ2v) is 4.63. The minimum Gasteiger partial charge on any atom is -0.390 e. The smallest absolute Gasteiger partial charge is 0.282 e. The minimum absolute atomic E-state index is 0.321. The second-order valence-electron chi connectivity index (χ2n) is 4.63. The van der Waals surface area contributed by atoms with Crippen molar-refractivity contribution in [3.63, 3.8) is 0 Å². The number of para-hydroxylation sites is 1. The Balaban J connectivity index is 2.01. The van der Waals surface area contributed by atoms with Crippen LogP contribution in [-0.4, -0.2) is 36.1 Å². The summed E-state index contributed by atoms with van der Waals surface area (Å²) in [6.45, 7) is -1.94. The Kier molecular flexibility index (Phi) is 4.11. The van der Waals surface area contributed by atoms with Gasteiger partial charge in [0.1, 0.15) is 6.61 Å². The minimum atomic E-state index is -3.21. The molecule has 1 amide bonds. The number of halogens is 2. The van der Waals surface area contributed by atoms with E-state index in [-0.39, 0.29) is 5.91 Å². The van der Waals surface area contributed by atoms with Gasteiger partial charge in [0.2, 0.25) is 5.91 Å². The van der Waals surface area contributed by atoms with E-state index in [2.05, 4.69) is 10.6 Å². The first kappa shape index (κ1) is 13.9. The van der Waals surface area contributed by atoms with E-state index in [4.69, 9.17) is 5.11 Å². The van der Waals surface area contributed by atoms with E-state index in [1.54, 1.807) is 6.07 Å². The molecule has 0 fully saturated rings. The molecule has 3 N–H and O–H groups in total. The van der Waals surface area contributed by atoms with Crippen LogP contribution in [0.25, 0.3) is 0 Å². The summed E-state index contributed by atoms with van der Waals surface area (Å²) in [6.07, 6.45) is 1.08. The zero-order valence-electron chi connectivity index (χ0n) is 10.3. The van der Waals surface area contributed by atoms with Gasteiger partial charge in [-0.15, -0.1) is 0 Å². The predicted molar refractivity (Wildman–Crippen MR) is 67.2 cm³/mol. The lowest BCUT2D eigenvalue weighted by atomic mass is 10.1. The average Bonchev–Trinajstić information content (AvgIpc) is 2.55. The van der Waals surface area contributed by atoms with Crippen LogP contribution >= 0.6 is 0 Å². The number of hydrogen-bond acceptors (Lipinski definition) is 3. The third kappa shape index (κ3) is 3.48. The Labute approximate surface area is 109 Å². The number of benzene rings is 1. The van der Waals surface area contributed by atoms with Crippen molar-refractivity contribution in [2.24, 2.45) is 0 Å². The fraction of sp³-hybridized carbons (Fsp3) is 0.462. The lowest BCUT2D eigenvalue weighted by molar-refractivity contribution is -0.118. The summed E-state index contributed by atoms with van der Waals surface area (Å²) in [6, 6.07) is 6.70. The van der Waals surface area contributed by atoms with Crippen LogP contribution in [0.15, 0.2) is 24.3 Å². The molecule has 4 nitrogen and oxygen atoms in total. The zero-order chi connectivity index (χ0) is 13.9. The number of nitrogens with one attached hydrogen (secondary N) is 2. The van der Waals surface area contributed by atoms with Crippen molar-refractivity contribution in [3.8, 4) is 0 Å². The molecule has 0 saturated carbocycles. The van der Waals surface area contributed by atoms with Crippen LogP contribution in [0.1, 0.15) is 12.0 Å². The Bertz CT molecular complexity index is 466. The normalized spacial score (nSPS) is 19.5. The Hall–Kier alpha value is -1.53. The zero-order valence-corrected chi connectivity index (χ0v) is 10.3. The van der Waals surface area contributed by atoms with E-state index >= 15 is 0 Å². The first-order chi connectivity index (χ1) is 9.02. The maximum atomic E-state index is 13.0. The molecule has 1 atom stereocenters. The molecule has 0 aliphatic carbocycles. The van der Waals surface area contributed by atoms with Gasteiger partial charge in [-0.3, -0.25) is 4.79 Å². The van der Waals surface area contributed by atoms with Gasteiger partial charge in [-0.05, 0) is 24.5 Å². The summed E-state index contributed by atoms with van der Waals surface area (Å²) in [4.78, 5) is 11.9. The molecule has 1 unspecified atom stereocenters. The van der Waals surface area contributed by atoms with Crippen LogP contribution in [-0.2, 0) is 11.2 Å². The molecule has 1 aliphatic rings. The van der Waals surface area contributed by atoms with Crippen LogP contribution in [0.5, 0.6) is 0 Å². The molecule has 0 bridgehead atoms. The molecule has 2 rings (SSSR count). The van der Waals surface area contributed by atoms with Crippen LogP contribution in [0.2, 0.25) is 0 Å². The quantitative estimate of drug-likeness (QED) is 0.769. The highest BCUT2D eigenvalue weighted by Gasteiger charge is 2.31. The monoisotopic (exact) mass is 270 g/mol. The van der Waals surface area contributed by atoms with E-state index in [1.807, 2.05) is 18.2 Å². The van der Waals surface area contributed by atoms with Gasteiger partial charge in [0, 0.05) is 5.69 Å². The summed E-state index contributed by atoms with van der Waals surface area (Å²) in [5.74, 6) is -3.53. The SMILES string of the molecule is O=C1Nc2ccccc2CCC1NCC(F)(F)CO. The Morgan fingerprint density at radius 1 is 1.42 bits per heavy atom. The Morgan fingerprint density at radius 3 is 2.89 bits per heavy atom. The highest BCUT2D eigenvalue weighted by Crippen LogP contribution is 2.22. The molecule has 0 saturated heterocycles. The maximum Gasteiger partial charge on any atom is 0.282 e. The lowest BCUT2D eigenvalue weighted by Gasteiger charge is -2.19. The van der Waals surface area contributed by atoms with Gasteiger partial charge in [-0.2, -0.15) is 0 Å². The van der Waals surface area contributed by atoms with E-state index in [1.165, 1.54) is 0 Å². The molecule has 0 aromatic heterocycles. The van der Waals surface area contributed by atoms with Crippen molar-refractivity contribution in [3.05, 3.63) is 29.8 Å². The molecule has 6 heteroatoms. The predicted octanol–water partition coefficient (Wildman–Crippen LogP) is 1.16. The first-order valence-corrected chi connectivity index (χ1v) is 6.13. The van der Waals surface area contributed by atoms with Gasteiger partial charge in [0.25, 0.3) is 5.92 Å². The van der Waals surface area contributed by atoms with Gasteiger partial charge < -0.3 is 15.7 Å². The van der Waals surface area contributed by atoms with E-state index in [0.29, 0.717) is 12.8 Å². The fourth-order valence-corrected chi connectivity index (χ4v) is 2.03. The number of fused-ring (bicyclic) bond motifs is 1. The number of rotatable bonds is 4. The number of aryl methyl sites for hydroxylation is 1. The molecular formula is C13H16F2N2O2. The van der Waals surface area contributed by atoms with Crippen molar-refractivity contribution >= 4 is 11.6 Å². The van der Waals surface area contributed by atoms with Gasteiger partial charge in [-0.25, -0.2) is 8.78 Å². The fourth-order valence-electron chi connectivity index (χ4n) is 2.03. The number of carbonyl (C=O) groups excluding carboxylic acids is 1. The van der Waals surface area contributed by atoms with Crippen LogP contribution < -0.4 is 10.6 Å². The molecule has 0 spiro atoms. The molecule has 1 aromatic rings. The largest absolute Gasteiger partial charge is 0.390 e. The molecule has 1 aromatic carbocycles. The highest BCUT2D eigenvalue weighted by atomic mass is 19.3. The van der Waals surface area contributed by atoms with Crippen molar-refractivity contribution in [2.75, 3.05) is 18.5 Å². The summed E-state index contributed by atoms with van der Waals surface area (Å²) in [5, 5.41) is 13.7. The van der Waals surface area contributed by atoms with Crippen LogP contribution in [0, 0.1) is 0 Å². The maximum absolute atomic E-state index is 13.0. The number of carbonyl (C=O) groups is 1. The van der Waals surface area contributed by atoms with Crippen molar-refractivity contribution in [1.29, 1.82) is 0 Å². The molecule has 19 heavy (non-hydrogen) atoms. The number of alkyl halides is 2. The number of aliphatic hydroxyl groups is 1. The number of amides is 1. The standard InChI is InChI=1S/C13H16F2N2O2/c14-13(15,8-18)7-16-11-6-5-9-3-1-2-4-10(9)17-12(11)19/h1-4,11,16,18H,5-8H2,(H,17,19). The molecule has 104 valence electrons. The van der Waals surface area contributed by atoms with E-state index < -0.39 is 25.1 Å². The molecule has 0 radical (unpaired) electrons. The van der Waals surface area contributed by atoms with Gasteiger partial charge in [-0.1, -0.05) is 18.2 Å². The van der Waals surface area contributed by atoms with Crippen molar-refractivity contribution in [2.45, 2.75) is 24.8 Å². The van der Waals surface area contributed by atoms with Gasteiger partial charge in [0.15, 0.2) is 0 Å². The van der Waals surface area contributed by atoms with Gasteiger partial charge >= 0.3 is 0 Å². The van der Waals surface area contributed by atoms with Crippen molar-refractivity contribution in [1.82, 2.24) is 5.32 Å². The molecule has 1 heterocycles. The summed E-state index contributed by atoms with van der Waals surface area (Å²) < 4.78 is 25.9. The Morgan fingerprint density at radius 2 is 2.16 bits per heavy atom. The van der Waals surface area contributed by atoms with E-state index in [0.717, 1.165) is 11.3 Å². The summed E-state index contributed by atoms with van der Waals surface area (Å²) in [7, 11) is 0. The third-order valence-corrected chi connectivity index (χ3v) is 3.13.